The lowest BCUT2D eigenvalue weighted by Crippen LogP contribution is -2.37. The Morgan fingerprint density at radius 2 is 2.00 bits per heavy atom. The molecule has 0 aliphatic carbocycles. The highest BCUT2D eigenvalue weighted by Gasteiger charge is 2.44. The van der Waals surface area contributed by atoms with Crippen LogP contribution in [-0.4, -0.2) is 34.5 Å². The lowest BCUT2D eigenvalue weighted by Gasteiger charge is -2.22. The summed E-state index contributed by atoms with van der Waals surface area (Å²) in [6.07, 6.45) is 0.124. The number of carbonyl (C=O) groups is 2. The second kappa shape index (κ2) is 2.55. The quantitative estimate of drug-likeness (QED) is 0.554. The summed E-state index contributed by atoms with van der Waals surface area (Å²) >= 11 is 0. The van der Waals surface area contributed by atoms with Crippen molar-refractivity contribution in [1.82, 2.24) is 4.90 Å². The first-order valence-corrected chi connectivity index (χ1v) is 3.87. The topological polar surface area (TPSA) is 57.6 Å². The van der Waals surface area contributed by atoms with Gasteiger partial charge in [-0.2, -0.15) is 0 Å². The van der Waals surface area contributed by atoms with Gasteiger partial charge in [0.05, 0.1) is 11.5 Å². The second-order valence-corrected chi connectivity index (χ2v) is 3.70. The van der Waals surface area contributed by atoms with Crippen LogP contribution in [0.3, 0.4) is 0 Å². The Morgan fingerprint density at radius 3 is 2.17 bits per heavy atom. The van der Waals surface area contributed by atoms with Crippen molar-refractivity contribution in [3.63, 3.8) is 0 Å². The largest absolute Gasteiger partial charge is 0.390 e. The van der Waals surface area contributed by atoms with E-state index < -0.39 is 11.5 Å². The van der Waals surface area contributed by atoms with Gasteiger partial charge in [0, 0.05) is 13.5 Å². The SMILES string of the molecule is CN1C(=O)CC(C(C)(C)O)C1=O. The molecule has 4 heteroatoms. The van der Waals surface area contributed by atoms with E-state index in [1.54, 1.807) is 13.8 Å². The molecule has 2 amide bonds. The minimum absolute atomic E-state index is 0.124. The van der Waals surface area contributed by atoms with Crippen molar-refractivity contribution in [2.45, 2.75) is 25.9 Å². The molecule has 0 bridgehead atoms. The lowest BCUT2D eigenvalue weighted by atomic mass is 9.90. The van der Waals surface area contributed by atoms with Crippen LogP contribution in [0.4, 0.5) is 0 Å². The van der Waals surface area contributed by atoms with E-state index in [9.17, 15) is 14.7 Å². The van der Waals surface area contributed by atoms with Crippen molar-refractivity contribution < 1.29 is 14.7 Å². The average molecular weight is 171 g/mol. The first-order chi connectivity index (χ1) is 5.34. The molecule has 1 fully saturated rings. The Balaban J connectivity index is 2.86. The highest BCUT2D eigenvalue weighted by molar-refractivity contribution is 6.03. The molecule has 0 aromatic heterocycles. The Kier molecular flexibility index (Phi) is 1.96. The lowest BCUT2D eigenvalue weighted by molar-refractivity contribution is -0.140. The zero-order chi connectivity index (χ0) is 9.52. The van der Waals surface area contributed by atoms with Crippen LogP contribution in [0.15, 0.2) is 0 Å². The van der Waals surface area contributed by atoms with Crippen LogP contribution in [-0.2, 0) is 9.59 Å². The Hall–Kier alpha value is -0.900. The fraction of sp³-hybridized carbons (Fsp3) is 0.750. The normalized spacial score (nSPS) is 25.3. The number of hydrogen-bond acceptors (Lipinski definition) is 3. The van der Waals surface area contributed by atoms with Crippen LogP contribution in [0.2, 0.25) is 0 Å². The first kappa shape index (κ1) is 9.19. The van der Waals surface area contributed by atoms with Crippen LogP contribution in [0.25, 0.3) is 0 Å². The van der Waals surface area contributed by atoms with Crippen molar-refractivity contribution in [2.75, 3.05) is 7.05 Å². The summed E-state index contributed by atoms with van der Waals surface area (Å²) in [6.45, 7) is 3.09. The summed E-state index contributed by atoms with van der Waals surface area (Å²) in [5.41, 5.74) is -1.10. The summed E-state index contributed by atoms with van der Waals surface area (Å²) in [5, 5.41) is 9.52. The summed E-state index contributed by atoms with van der Waals surface area (Å²) in [5.74, 6) is -1.07. The van der Waals surface area contributed by atoms with Crippen LogP contribution in [0.5, 0.6) is 0 Å². The molecular weight excluding hydrogens is 158 g/mol. The Morgan fingerprint density at radius 1 is 1.50 bits per heavy atom. The number of amides is 2. The van der Waals surface area contributed by atoms with Crippen LogP contribution < -0.4 is 0 Å². The number of aliphatic hydroxyl groups is 1. The maximum atomic E-state index is 11.3. The number of hydrogen-bond donors (Lipinski definition) is 1. The maximum Gasteiger partial charge on any atom is 0.235 e. The number of imide groups is 1. The minimum Gasteiger partial charge on any atom is -0.390 e. The molecule has 1 rings (SSSR count). The summed E-state index contributed by atoms with van der Waals surface area (Å²) in [6, 6.07) is 0. The van der Waals surface area contributed by atoms with Gasteiger partial charge in [0.2, 0.25) is 11.8 Å². The molecule has 1 saturated heterocycles. The van der Waals surface area contributed by atoms with E-state index in [1.807, 2.05) is 0 Å². The van der Waals surface area contributed by atoms with Gasteiger partial charge < -0.3 is 5.11 Å². The molecule has 1 aliphatic heterocycles. The van der Waals surface area contributed by atoms with E-state index in [0.29, 0.717) is 0 Å². The average Bonchev–Trinajstić information content (AvgIpc) is 2.15. The minimum atomic E-state index is -1.10. The molecule has 1 unspecified atom stereocenters. The van der Waals surface area contributed by atoms with Gasteiger partial charge in [-0.3, -0.25) is 14.5 Å². The van der Waals surface area contributed by atoms with Crippen LogP contribution >= 0.6 is 0 Å². The van der Waals surface area contributed by atoms with E-state index in [-0.39, 0.29) is 18.2 Å². The molecule has 4 nitrogen and oxygen atoms in total. The molecule has 68 valence electrons. The molecule has 1 N–H and O–H groups in total. The number of nitrogens with zero attached hydrogens (tertiary/aromatic N) is 1. The van der Waals surface area contributed by atoms with Gasteiger partial charge in [0.1, 0.15) is 0 Å². The van der Waals surface area contributed by atoms with E-state index in [2.05, 4.69) is 0 Å². The molecule has 0 aromatic carbocycles. The predicted molar refractivity (Wildman–Crippen MR) is 42.2 cm³/mol. The summed E-state index contributed by atoms with van der Waals surface area (Å²) < 4.78 is 0. The van der Waals surface area contributed by atoms with Crippen molar-refractivity contribution in [1.29, 1.82) is 0 Å². The maximum absolute atomic E-state index is 11.3. The molecule has 1 aliphatic rings. The third-order valence-corrected chi connectivity index (χ3v) is 2.23. The third-order valence-electron chi connectivity index (χ3n) is 2.23. The highest BCUT2D eigenvalue weighted by atomic mass is 16.3. The zero-order valence-electron chi connectivity index (χ0n) is 7.50. The predicted octanol–water partition coefficient (Wildman–Crippen LogP) is -0.238. The monoisotopic (exact) mass is 171 g/mol. The second-order valence-electron chi connectivity index (χ2n) is 3.70. The Bertz CT molecular complexity index is 229. The van der Waals surface area contributed by atoms with Crippen LogP contribution in [0.1, 0.15) is 20.3 Å². The number of likely N-dealkylation sites (tertiary alicyclic amines) is 1. The first-order valence-electron chi connectivity index (χ1n) is 3.87. The fourth-order valence-corrected chi connectivity index (χ4v) is 1.31. The van der Waals surface area contributed by atoms with Gasteiger partial charge in [-0.1, -0.05) is 0 Å². The molecule has 1 atom stereocenters. The zero-order valence-corrected chi connectivity index (χ0v) is 7.50. The van der Waals surface area contributed by atoms with Gasteiger partial charge in [0.25, 0.3) is 0 Å². The molecule has 0 saturated carbocycles. The van der Waals surface area contributed by atoms with Gasteiger partial charge >= 0.3 is 0 Å². The summed E-state index contributed by atoms with van der Waals surface area (Å²) in [4.78, 5) is 23.4. The van der Waals surface area contributed by atoms with Crippen molar-refractivity contribution >= 4 is 11.8 Å². The van der Waals surface area contributed by atoms with E-state index in [4.69, 9.17) is 0 Å². The molecule has 0 aromatic rings. The van der Waals surface area contributed by atoms with Gasteiger partial charge in [0.15, 0.2) is 0 Å². The van der Waals surface area contributed by atoms with Crippen molar-refractivity contribution in [2.24, 2.45) is 5.92 Å². The smallest absolute Gasteiger partial charge is 0.235 e. The fourth-order valence-electron chi connectivity index (χ4n) is 1.31. The standard InChI is InChI=1S/C8H13NO3/c1-8(2,12)5-4-6(10)9(3)7(5)11/h5,12H,4H2,1-3H3. The third kappa shape index (κ3) is 1.34. The molecule has 12 heavy (non-hydrogen) atoms. The molecule has 1 heterocycles. The van der Waals surface area contributed by atoms with E-state index in [0.717, 1.165) is 4.90 Å². The molecule has 0 radical (unpaired) electrons. The van der Waals surface area contributed by atoms with Crippen LogP contribution in [0, 0.1) is 5.92 Å². The van der Waals surface area contributed by atoms with E-state index >= 15 is 0 Å². The van der Waals surface area contributed by atoms with Crippen molar-refractivity contribution in [3.05, 3.63) is 0 Å². The highest BCUT2D eigenvalue weighted by Crippen LogP contribution is 2.28. The summed E-state index contributed by atoms with van der Waals surface area (Å²) in [7, 11) is 1.44. The van der Waals surface area contributed by atoms with Gasteiger partial charge in [-0.15, -0.1) is 0 Å². The van der Waals surface area contributed by atoms with Gasteiger partial charge in [-0.05, 0) is 13.8 Å². The number of rotatable bonds is 1. The van der Waals surface area contributed by atoms with Gasteiger partial charge in [-0.25, -0.2) is 0 Å². The molecule has 0 spiro atoms. The molecular formula is C8H13NO3. The van der Waals surface area contributed by atoms with Crippen molar-refractivity contribution in [3.8, 4) is 0 Å². The Labute approximate surface area is 71.2 Å². The number of carbonyl (C=O) groups excluding carboxylic acids is 2. The van der Waals surface area contributed by atoms with E-state index in [1.165, 1.54) is 7.05 Å².